The van der Waals surface area contributed by atoms with Crippen LogP contribution in [0.25, 0.3) is 0 Å². The molecule has 2 nitrogen and oxygen atoms in total. The molecule has 18 heavy (non-hydrogen) atoms. The van der Waals surface area contributed by atoms with Crippen molar-refractivity contribution in [3.05, 3.63) is 29.8 Å². The summed E-state index contributed by atoms with van der Waals surface area (Å²) in [7, 11) is 1.67. The van der Waals surface area contributed by atoms with E-state index < -0.39 is 0 Å². The third-order valence-electron chi connectivity index (χ3n) is 3.92. The van der Waals surface area contributed by atoms with Crippen LogP contribution in [0.2, 0.25) is 0 Å². The summed E-state index contributed by atoms with van der Waals surface area (Å²) < 4.78 is 5.18. The minimum Gasteiger partial charge on any atom is -0.497 e. The molecule has 0 heterocycles. The van der Waals surface area contributed by atoms with Crippen molar-refractivity contribution in [2.45, 2.75) is 45.4 Å². The molecule has 0 amide bonds. The van der Waals surface area contributed by atoms with Gasteiger partial charge in [-0.05, 0) is 34.9 Å². The van der Waals surface area contributed by atoms with Gasteiger partial charge in [0.25, 0.3) is 0 Å². The molecule has 0 spiro atoms. The SMILES string of the molecule is COc1ccc(C2(C)CC(=O)CC(C)(C)C2)cc1. The smallest absolute Gasteiger partial charge is 0.134 e. The summed E-state index contributed by atoms with van der Waals surface area (Å²) in [6.07, 6.45) is 2.42. The van der Waals surface area contributed by atoms with Gasteiger partial charge < -0.3 is 4.74 Å². The fourth-order valence-corrected chi connectivity index (χ4v) is 3.41. The number of ether oxygens (including phenoxy) is 1. The summed E-state index contributed by atoms with van der Waals surface area (Å²) in [4.78, 5) is 12.0. The van der Waals surface area contributed by atoms with Gasteiger partial charge in [-0.1, -0.05) is 32.9 Å². The van der Waals surface area contributed by atoms with Crippen molar-refractivity contribution in [2.75, 3.05) is 7.11 Å². The third kappa shape index (κ3) is 2.58. The van der Waals surface area contributed by atoms with Gasteiger partial charge in [0.05, 0.1) is 7.11 Å². The summed E-state index contributed by atoms with van der Waals surface area (Å²) in [5, 5.41) is 0. The second-order valence-corrected chi connectivity index (χ2v) is 6.52. The zero-order chi connectivity index (χ0) is 13.4. The summed E-state index contributed by atoms with van der Waals surface area (Å²) in [5.41, 5.74) is 1.30. The minimum atomic E-state index is -0.0366. The maximum atomic E-state index is 12.0. The van der Waals surface area contributed by atoms with E-state index in [0.717, 1.165) is 12.2 Å². The maximum absolute atomic E-state index is 12.0. The quantitative estimate of drug-likeness (QED) is 0.794. The van der Waals surface area contributed by atoms with E-state index in [1.54, 1.807) is 7.11 Å². The van der Waals surface area contributed by atoms with E-state index in [1.807, 2.05) is 12.1 Å². The first-order chi connectivity index (χ1) is 8.35. The van der Waals surface area contributed by atoms with Crippen molar-refractivity contribution in [1.82, 2.24) is 0 Å². The van der Waals surface area contributed by atoms with Crippen LogP contribution in [0.15, 0.2) is 24.3 Å². The molecule has 0 N–H and O–H groups in total. The number of carbonyl (C=O) groups is 1. The van der Waals surface area contributed by atoms with Gasteiger partial charge in [-0.25, -0.2) is 0 Å². The van der Waals surface area contributed by atoms with Gasteiger partial charge in [-0.2, -0.15) is 0 Å². The minimum absolute atomic E-state index is 0.0366. The molecular formula is C16H22O2. The van der Waals surface area contributed by atoms with Crippen LogP contribution < -0.4 is 4.74 Å². The Morgan fingerprint density at radius 1 is 1.06 bits per heavy atom. The first-order valence-electron chi connectivity index (χ1n) is 6.51. The molecule has 1 aromatic carbocycles. The van der Waals surface area contributed by atoms with Crippen LogP contribution in [-0.4, -0.2) is 12.9 Å². The molecule has 0 aromatic heterocycles. The Hall–Kier alpha value is -1.31. The Balaban J connectivity index is 2.31. The number of ketones is 1. The van der Waals surface area contributed by atoms with Crippen LogP contribution in [-0.2, 0) is 10.2 Å². The van der Waals surface area contributed by atoms with Crippen molar-refractivity contribution < 1.29 is 9.53 Å². The molecular weight excluding hydrogens is 224 g/mol. The fourth-order valence-electron chi connectivity index (χ4n) is 3.41. The second kappa shape index (κ2) is 4.42. The predicted octanol–water partition coefficient (Wildman–Crippen LogP) is 3.73. The van der Waals surface area contributed by atoms with Gasteiger partial charge in [-0.3, -0.25) is 4.79 Å². The number of benzene rings is 1. The molecule has 0 radical (unpaired) electrons. The Bertz CT molecular complexity index is 445. The molecule has 1 aliphatic rings. The first-order valence-corrected chi connectivity index (χ1v) is 6.51. The van der Waals surface area contributed by atoms with Crippen LogP contribution in [0.1, 0.15) is 45.6 Å². The number of Topliss-reactive ketones (excluding diaryl/α,β-unsaturated/α-hetero) is 1. The largest absolute Gasteiger partial charge is 0.497 e. The predicted molar refractivity (Wildman–Crippen MR) is 73.0 cm³/mol. The van der Waals surface area contributed by atoms with Gasteiger partial charge in [0.15, 0.2) is 0 Å². The van der Waals surface area contributed by atoms with Crippen molar-refractivity contribution >= 4 is 5.78 Å². The average molecular weight is 246 g/mol. The second-order valence-electron chi connectivity index (χ2n) is 6.52. The van der Waals surface area contributed by atoms with Crippen LogP contribution >= 0.6 is 0 Å². The van der Waals surface area contributed by atoms with Crippen molar-refractivity contribution in [1.29, 1.82) is 0 Å². The van der Waals surface area contributed by atoms with Gasteiger partial charge in [0, 0.05) is 12.8 Å². The standard InChI is InChI=1S/C16H22O2/c1-15(2)9-13(17)10-16(3,11-15)12-5-7-14(18-4)8-6-12/h5-8H,9-11H2,1-4H3. The van der Waals surface area contributed by atoms with E-state index in [1.165, 1.54) is 5.56 Å². The molecule has 1 atom stereocenters. The lowest BCUT2D eigenvalue weighted by atomic mass is 9.61. The van der Waals surface area contributed by atoms with E-state index in [9.17, 15) is 4.79 Å². The zero-order valence-corrected chi connectivity index (χ0v) is 11.7. The van der Waals surface area contributed by atoms with E-state index in [-0.39, 0.29) is 10.8 Å². The van der Waals surface area contributed by atoms with Crippen molar-refractivity contribution in [3.8, 4) is 5.75 Å². The summed E-state index contributed by atoms with van der Waals surface area (Å²) >= 11 is 0. The monoisotopic (exact) mass is 246 g/mol. The van der Waals surface area contributed by atoms with Crippen molar-refractivity contribution in [3.63, 3.8) is 0 Å². The summed E-state index contributed by atoms with van der Waals surface area (Å²) in [6, 6.07) is 8.14. The molecule has 0 bridgehead atoms. The van der Waals surface area contributed by atoms with E-state index in [4.69, 9.17) is 4.74 Å². The highest BCUT2D eigenvalue weighted by molar-refractivity contribution is 5.81. The van der Waals surface area contributed by atoms with E-state index >= 15 is 0 Å². The lowest BCUT2D eigenvalue weighted by Crippen LogP contribution is -2.38. The van der Waals surface area contributed by atoms with Crippen LogP contribution in [0, 0.1) is 5.41 Å². The Kier molecular flexibility index (Phi) is 3.22. The Labute approximate surface area is 109 Å². The molecule has 1 aliphatic carbocycles. The molecule has 0 saturated heterocycles. The van der Waals surface area contributed by atoms with E-state index in [2.05, 4.69) is 32.9 Å². The van der Waals surface area contributed by atoms with Gasteiger partial charge in [0.1, 0.15) is 11.5 Å². The highest BCUT2D eigenvalue weighted by atomic mass is 16.5. The lowest BCUT2D eigenvalue weighted by Gasteiger charge is -2.42. The maximum Gasteiger partial charge on any atom is 0.134 e. The molecule has 1 aromatic rings. The van der Waals surface area contributed by atoms with Crippen LogP contribution in [0.4, 0.5) is 0 Å². The summed E-state index contributed by atoms with van der Waals surface area (Å²) in [6.45, 7) is 6.57. The van der Waals surface area contributed by atoms with Gasteiger partial charge in [0.2, 0.25) is 0 Å². The molecule has 1 unspecified atom stereocenters. The third-order valence-corrected chi connectivity index (χ3v) is 3.92. The molecule has 2 rings (SSSR count). The Morgan fingerprint density at radius 2 is 1.67 bits per heavy atom. The molecule has 1 saturated carbocycles. The van der Waals surface area contributed by atoms with Gasteiger partial charge in [-0.15, -0.1) is 0 Å². The molecule has 1 fully saturated rings. The fraction of sp³-hybridized carbons (Fsp3) is 0.562. The van der Waals surface area contributed by atoms with E-state index in [0.29, 0.717) is 18.6 Å². The van der Waals surface area contributed by atoms with Gasteiger partial charge >= 0.3 is 0 Å². The highest BCUT2D eigenvalue weighted by Gasteiger charge is 2.41. The summed E-state index contributed by atoms with van der Waals surface area (Å²) in [5.74, 6) is 1.24. The van der Waals surface area contributed by atoms with Crippen LogP contribution in [0.5, 0.6) is 5.75 Å². The average Bonchev–Trinajstić information content (AvgIpc) is 2.26. The number of methoxy groups -OCH3 is 1. The first kappa shape index (κ1) is 13.1. The zero-order valence-electron chi connectivity index (χ0n) is 11.7. The lowest BCUT2D eigenvalue weighted by molar-refractivity contribution is -0.125. The van der Waals surface area contributed by atoms with Crippen molar-refractivity contribution in [2.24, 2.45) is 5.41 Å². The molecule has 98 valence electrons. The number of carbonyl (C=O) groups excluding carboxylic acids is 1. The van der Waals surface area contributed by atoms with Crippen LogP contribution in [0.3, 0.4) is 0 Å². The Morgan fingerprint density at radius 3 is 2.17 bits per heavy atom. The number of rotatable bonds is 2. The molecule has 0 aliphatic heterocycles. The normalized spacial score (nSPS) is 27.0. The number of hydrogen-bond acceptors (Lipinski definition) is 2. The topological polar surface area (TPSA) is 26.3 Å². The highest BCUT2D eigenvalue weighted by Crippen LogP contribution is 2.46. The molecule has 2 heteroatoms. The number of hydrogen-bond donors (Lipinski definition) is 0.